The quantitative estimate of drug-likeness (QED) is 0.854. The Kier molecular flexibility index (Phi) is 3.80. The topological polar surface area (TPSA) is 46.3 Å². The Labute approximate surface area is 109 Å². The van der Waals surface area contributed by atoms with Gasteiger partial charge in [0.25, 0.3) is 5.91 Å². The van der Waals surface area contributed by atoms with Crippen molar-refractivity contribution in [2.24, 2.45) is 11.7 Å². The van der Waals surface area contributed by atoms with E-state index in [1.807, 2.05) is 0 Å². The zero-order valence-corrected chi connectivity index (χ0v) is 10.5. The third-order valence-electron chi connectivity index (χ3n) is 3.38. The molecule has 19 heavy (non-hydrogen) atoms. The lowest BCUT2D eigenvalue weighted by Crippen LogP contribution is -2.43. The number of hydrogen-bond acceptors (Lipinski definition) is 2. The van der Waals surface area contributed by atoms with Gasteiger partial charge in [-0.1, -0.05) is 0 Å². The van der Waals surface area contributed by atoms with Gasteiger partial charge in [0.15, 0.2) is 17.5 Å². The van der Waals surface area contributed by atoms with Crippen molar-refractivity contribution >= 4 is 5.91 Å². The molecule has 1 aliphatic carbocycles. The fourth-order valence-electron chi connectivity index (χ4n) is 2.31. The van der Waals surface area contributed by atoms with E-state index in [1.165, 1.54) is 4.90 Å². The van der Waals surface area contributed by atoms with Gasteiger partial charge in [-0.05, 0) is 30.9 Å². The van der Waals surface area contributed by atoms with Gasteiger partial charge in [0.1, 0.15) is 0 Å². The van der Waals surface area contributed by atoms with Crippen LogP contribution >= 0.6 is 0 Å². The standard InChI is InChI=1S/C13H15F3N2O/c1-18(6-7-2-9(17)3-7)13(19)8-4-10(14)12(16)11(15)5-8/h4-5,7,9H,2-3,6,17H2,1H3. The van der Waals surface area contributed by atoms with Gasteiger partial charge in [-0.15, -0.1) is 0 Å². The Bertz CT molecular complexity index is 478. The van der Waals surface area contributed by atoms with E-state index < -0.39 is 23.4 Å². The first-order valence-corrected chi connectivity index (χ1v) is 6.04. The van der Waals surface area contributed by atoms with Gasteiger partial charge >= 0.3 is 0 Å². The monoisotopic (exact) mass is 272 g/mol. The van der Waals surface area contributed by atoms with E-state index in [2.05, 4.69) is 0 Å². The molecule has 1 amide bonds. The first-order chi connectivity index (χ1) is 8.88. The van der Waals surface area contributed by atoms with Crippen molar-refractivity contribution < 1.29 is 18.0 Å². The predicted octanol–water partition coefficient (Wildman–Crippen LogP) is 1.91. The summed E-state index contributed by atoms with van der Waals surface area (Å²) in [5.41, 5.74) is 5.45. The minimum Gasteiger partial charge on any atom is -0.341 e. The van der Waals surface area contributed by atoms with E-state index in [0.29, 0.717) is 24.6 Å². The molecule has 0 radical (unpaired) electrons. The first-order valence-electron chi connectivity index (χ1n) is 6.04. The summed E-state index contributed by atoms with van der Waals surface area (Å²) in [6, 6.07) is 1.60. The fourth-order valence-corrected chi connectivity index (χ4v) is 2.31. The van der Waals surface area contributed by atoms with Gasteiger partial charge in [-0.3, -0.25) is 4.79 Å². The van der Waals surface area contributed by atoms with E-state index in [4.69, 9.17) is 5.73 Å². The number of halogens is 3. The summed E-state index contributed by atoms with van der Waals surface area (Å²) in [5.74, 6) is -4.49. The Morgan fingerprint density at radius 2 is 1.84 bits per heavy atom. The molecule has 0 aliphatic heterocycles. The zero-order valence-electron chi connectivity index (χ0n) is 10.5. The highest BCUT2D eigenvalue weighted by molar-refractivity contribution is 5.94. The Hall–Kier alpha value is -1.56. The summed E-state index contributed by atoms with van der Waals surface area (Å²) < 4.78 is 38.9. The minimum absolute atomic E-state index is 0.175. The molecule has 0 saturated heterocycles. The number of carbonyl (C=O) groups excluding carboxylic acids is 1. The Morgan fingerprint density at radius 1 is 1.32 bits per heavy atom. The summed E-state index contributed by atoms with van der Waals surface area (Å²) in [5, 5.41) is 0. The lowest BCUT2D eigenvalue weighted by Gasteiger charge is -2.35. The highest BCUT2D eigenvalue weighted by atomic mass is 19.2. The maximum Gasteiger partial charge on any atom is 0.253 e. The fraction of sp³-hybridized carbons (Fsp3) is 0.462. The van der Waals surface area contributed by atoms with Crippen molar-refractivity contribution in [3.8, 4) is 0 Å². The molecule has 6 heteroatoms. The van der Waals surface area contributed by atoms with Gasteiger partial charge in [-0.25, -0.2) is 13.2 Å². The molecule has 2 N–H and O–H groups in total. The molecule has 1 saturated carbocycles. The Morgan fingerprint density at radius 3 is 2.32 bits per heavy atom. The largest absolute Gasteiger partial charge is 0.341 e. The summed E-state index contributed by atoms with van der Waals surface area (Å²) in [6.45, 7) is 0.479. The summed E-state index contributed by atoms with van der Waals surface area (Å²) in [7, 11) is 1.55. The van der Waals surface area contributed by atoms with E-state index >= 15 is 0 Å². The van der Waals surface area contributed by atoms with Crippen molar-refractivity contribution in [2.75, 3.05) is 13.6 Å². The average Bonchev–Trinajstić information content (AvgIpc) is 2.32. The van der Waals surface area contributed by atoms with Crippen LogP contribution < -0.4 is 5.73 Å². The van der Waals surface area contributed by atoms with Crippen molar-refractivity contribution in [1.29, 1.82) is 0 Å². The molecule has 104 valence electrons. The van der Waals surface area contributed by atoms with Crippen LogP contribution in [0.3, 0.4) is 0 Å². The molecule has 1 aliphatic rings. The maximum atomic E-state index is 13.1. The van der Waals surface area contributed by atoms with Crippen LogP contribution in [0.5, 0.6) is 0 Å². The number of nitrogens with zero attached hydrogens (tertiary/aromatic N) is 1. The summed E-state index contributed by atoms with van der Waals surface area (Å²) in [6.07, 6.45) is 1.67. The Balaban J connectivity index is 2.06. The molecule has 0 aromatic heterocycles. The van der Waals surface area contributed by atoms with Crippen LogP contribution in [0.2, 0.25) is 0 Å². The molecule has 3 nitrogen and oxygen atoms in total. The molecule has 1 aromatic rings. The van der Waals surface area contributed by atoms with Crippen molar-refractivity contribution in [1.82, 2.24) is 4.90 Å². The van der Waals surface area contributed by atoms with Gasteiger partial charge in [0.05, 0.1) is 0 Å². The number of carbonyl (C=O) groups is 1. The smallest absolute Gasteiger partial charge is 0.253 e. The second kappa shape index (κ2) is 5.21. The van der Waals surface area contributed by atoms with Crippen LogP contribution in [0.15, 0.2) is 12.1 Å². The van der Waals surface area contributed by atoms with Gasteiger partial charge in [0.2, 0.25) is 0 Å². The molecule has 2 rings (SSSR count). The summed E-state index contributed by atoms with van der Waals surface area (Å²) in [4.78, 5) is 13.3. The van der Waals surface area contributed by atoms with Gasteiger partial charge < -0.3 is 10.6 Å². The number of rotatable bonds is 3. The predicted molar refractivity (Wildman–Crippen MR) is 64.0 cm³/mol. The normalized spacial score (nSPS) is 21.9. The molecular formula is C13H15F3N2O. The average molecular weight is 272 g/mol. The van der Waals surface area contributed by atoms with Gasteiger partial charge in [-0.2, -0.15) is 0 Å². The molecule has 0 atom stereocenters. The van der Waals surface area contributed by atoms with Crippen molar-refractivity contribution in [2.45, 2.75) is 18.9 Å². The SMILES string of the molecule is CN(CC1CC(N)C1)C(=O)c1cc(F)c(F)c(F)c1. The highest BCUT2D eigenvalue weighted by Gasteiger charge is 2.28. The van der Waals surface area contributed by atoms with E-state index in [-0.39, 0.29) is 11.6 Å². The molecule has 1 fully saturated rings. The lowest BCUT2D eigenvalue weighted by atomic mass is 9.80. The van der Waals surface area contributed by atoms with Crippen LogP contribution in [0, 0.1) is 23.4 Å². The number of hydrogen-bond donors (Lipinski definition) is 1. The molecular weight excluding hydrogens is 257 g/mol. The molecule has 0 bridgehead atoms. The van der Waals surface area contributed by atoms with E-state index in [1.54, 1.807) is 7.05 Å². The van der Waals surface area contributed by atoms with Gasteiger partial charge in [0, 0.05) is 25.2 Å². The number of amides is 1. The van der Waals surface area contributed by atoms with Crippen molar-refractivity contribution in [3.05, 3.63) is 35.1 Å². The molecule has 0 spiro atoms. The van der Waals surface area contributed by atoms with Crippen molar-refractivity contribution in [3.63, 3.8) is 0 Å². The van der Waals surface area contributed by atoms with Crippen LogP contribution in [0.4, 0.5) is 13.2 Å². The summed E-state index contributed by atoms with van der Waals surface area (Å²) >= 11 is 0. The second-order valence-corrected chi connectivity index (χ2v) is 5.04. The van der Waals surface area contributed by atoms with Crippen LogP contribution in [0.1, 0.15) is 23.2 Å². The minimum atomic E-state index is -1.57. The number of nitrogens with two attached hydrogens (primary N) is 1. The molecule has 0 unspecified atom stereocenters. The third-order valence-corrected chi connectivity index (χ3v) is 3.38. The highest BCUT2D eigenvalue weighted by Crippen LogP contribution is 2.26. The molecule has 1 aromatic carbocycles. The molecule has 0 heterocycles. The zero-order chi connectivity index (χ0) is 14.2. The second-order valence-electron chi connectivity index (χ2n) is 5.04. The number of benzene rings is 1. The van der Waals surface area contributed by atoms with E-state index in [0.717, 1.165) is 12.8 Å². The first kappa shape index (κ1) is 13.9. The van der Waals surface area contributed by atoms with Crippen LogP contribution in [-0.4, -0.2) is 30.4 Å². The third kappa shape index (κ3) is 2.89. The maximum absolute atomic E-state index is 13.1. The van der Waals surface area contributed by atoms with E-state index in [9.17, 15) is 18.0 Å². The van der Waals surface area contributed by atoms with Crippen LogP contribution in [0.25, 0.3) is 0 Å². The van der Waals surface area contributed by atoms with Crippen LogP contribution in [-0.2, 0) is 0 Å². The lowest BCUT2D eigenvalue weighted by molar-refractivity contribution is 0.0733.